The van der Waals surface area contributed by atoms with E-state index in [-0.39, 0.29) is 5.41 Å². The third-order valence-corrected chi connectivity index (χ3v) is 3.48. The summed E-state index contributed by atoms with van der Waals surface area (Å²) in [5.74, 6) is -0.773. The van der Waals surface area contributed by atoms with E-state index in [1.807, 2.05) is 12.1 Å². The van der Waals surface area contributed by atoms with Crippen molar-refractivity contribution in [1.82, 2.24) is 0 Å². The van der Waals surface area contributed by atoms with Gasteiger partial charge in [-0.05, 0) is 30.0 Å². The monoisotopic (exact) mass is 238 g/mol. The van der Waals surface area contributed by atoms with Gasteiger partial charge in [0, 0.05) is 4.90 Å². The highest BCUT2D eigenvalue weighted by molar-refractivity contribution is 8.00. The summed E-state index contributed by atoms with van der Waals surface area (Å²) in [7, 11) is 0. The molecule has 0 amide bonds. The zero-order valence-corrected chi connectivity index (χ0v) is 11.0. The van der Waals surface area contributed by atoms with Crippen molar-refractivity contribution >= 4 is 17.7 Å². The summed E-state index contributed by atoms with van der Waals surface area (Å²) in [4.78, 5) is 11.7. The molecule has 16 heavy (non-hydrogen) atoms. The van der Waals surface area contributed by atoms with E-state index >= 15 is 0 Å². The van der Waals surface area contributed by atoms with Crippen molar-refractivity contribution in [3.05, 3.63) is 29.8 Å². The van der Waals surface area contributed by atoms with Crippen LogP contribution in [0, 0.1) is 0 Å². The zero-order valence-electron chi connectivity index (χ0n) is 10.2. The molecule has 0 radical (unpaired) electrons. The molecule has 0 saturated heterocycles. The van der Waals surface area contributed by atoms with Crippen LogP contribution in [0.2, 0.25) is 0 Å². The lowest BCUT2D eigenvalue weighted by molar-refractivity contribution is -0.136. The van der Waals surface area contributed by atoms with Gasteiger partial charge in [0.05, 0.1) is 0 Å². The molecular formula is C13H18O2S. The predicted octanol–water partition coefficient (Wildman–Crippen LogP) is 3.55. The molecule has 3 heteroatoms. The van der Waals surface area contributed by atoms with E-state index in [1.54, 1.807) is 6.92 Å². The van der Waals surface area contributed by atoms with Crippen LogP contribution >= 0.6 is 11.8 Å². The Morgan fingerprint density at radius 2 is 1.75 bits per heavy atom. The van der Waals surface area contributed by atoms with Gasteiger partial charge in [0.25, 0.3) is 0 Å². The Balaban J connectivity index is 2.76. The molecule has 88 valence electrons. The van der Waals surface area contributed by atoms with Gasteiger partial charge in [-0.1, -0.05) is 32.9 Å². The first kappa shape index (κ1) is 13.1. The topological polar surface area (TPSA) is 37.3 Å². The molecule has 0 fully saturated rings. The van der Waals surface area contributed by atoms with Gasteiger partial charge in [-0.15, -0.1) is 11.8 Å². The van der Waals surface area contributed by atoms with Gasteiger partial charge in [0.2, 0.25) is 0 Å². The fourth-order valence-electron chi connectivity index (χ4n) is 1.29. The number of carbonyl (C=O) groups is 1. The zero-order chi connectivity index (χ0) is 12.3. The fraction of sp³-hybridized carbons (Fsp3) is 0.462. The first-order valence-corrected chi connectivity index (χ1v) is 6.18. The van der Waals surface area contributed by atoms with Gasteiger partial charge < -0.3 is 5.11 Å². The number of thioether (sulfide) groups is 1. The van der Waals surface area contributed by atoms with E-state index in [0.29, 0.717) is 0 Å². The maximum absolute atomic E-state index is 10.7. The van der Waals surface area contributed by atoms with Crippen LogP contribution in [0.15, 0.2) is 29.2 Å². The molecule has 0 saturated carbocycles. The van der Waals surface area contributed by atoms with Gasteiger partial charge >= 0.3 is 5.97 Å². The maximum Gasteiger partial charge on any atom is 0.316 e. The molecule has 0 bridgehead atoms. The highest BCUT2D eigenvalue weighted by atomic mass is 32.2. The summed E-state index contributed by atoms with van der Waals surface area (Å²) in [6.45, 7) is 8.18. The first-order valence-electron chi connectivity index (χ1n) is 5.30. The maximum atomic E-state index is 10.7. The van der Waals surface area contributed by atoms with Gasteiger partial charge in [-0.25, -0.2) is 0 Å². The summed E-state index contributed by atoms with van der Waals surface area (Å²) in [6.07, 6.45) is 0. The number of hydrogen-bond donors (Lipinski definition) is 1. The van der Waals surface area contributed by atoms with E-state index in [9.17, 15) is 4.79 Å². The van der Waals surface area contributed by atoms with Crippen LogP contribution < -0.4 is 0 Å². The van der Waals surface area contributed by atoms with Crippen LogP contribution in [0.4, 0.5) is 0 Å². The molecule has 0 heterocycles. The van der Waals surface area contributed by atoms with Crippen molar-refractivity contribution in [3.63, 3.8) is 0 Å². The number of benzene rings is 1. The molecule has 1 aromatic rings. The lowest BCUT2D eigenvalue weighted by atomic mass is 9.87. The molecule has 0 aliphatic heterocycles. The van der Waals surface area contributed by atoms with E-state index < -0.39 is 11.2 Å². The van der Waals surface area contributed by atoms with Gasteiger partial charge in [0.15, 0.2) is 0 Å². The van der Waals surface area contributed by atoms with Crippen molar-refractivity contribution in [2.24, 2.45) is 0 Å². The van der Waals surface area contributed by atoms with Gasteiger partial charge in [0.1, 0.15) is 5.25 Å². The van der Waals surface area contributed by atoms with Crippen molar-refractivity contribution in [2.75, 3.05) is 0 Å². The van der Waals surface area contributed by atoms with Crippen molar-refractivity contribution in [1.29, 1.82) is 0 Å². The summed E-state index contributed by atoms with van der Waals surface area (Å²) in [5, 5.41) is 8.40. The Morgan fingerprint density at radius 3 is 2.12 bits per heavy atom. The molecule has 1 atom stereocenters. The second kappa shape index (κ2) is 4.91. The summed E-state index contributed by atoms with van der Waals surface area (Å²) in [5.41, 5.74) is 1.40. The number of carboxylic acids is 1. The van der Waals surface area contributed by atoms with Crippen LogP contribution in [-0.2, 0) is 10.2 Å². The third kappa shape index (κ3) is 3.56. The quantitative estimate of drug-likeness (QED) is 0.818. The highest BCUT2D eigenvalue weighted by Gasteiger charge is 2.15. The number of carboxylic acid groups (broad SMARTS) is 1. The Hall–Kier alpha value is -0.960. The lowest BCUT2D eigenvalue weighted by Gasteiger charge is -2.19. The minimum absolute atomic E-state index is 0.140. The first-order chi connectivity index (χ1) is 7.30. The Labute approximate surface area is 101 Å². The summed E-state index contributed by atoms with van der Waals surface area (Å²) < 4.78 is 0. The summed E-state index contributed by atoms with van der Waals surface area (Å²) >= 11 is 1.37. The normalized spacial score (nSPS) is 13.5. The smallest absolute Gasteiger partial charge is 0.316 e. The van der Waals surface area contributed by atoms with Gasteiger partial charge in [-0.2, -0.15) is 0 Å². The molecule has 2 nitrogen and oxygen atoms in total. The fourth-order valence-corrected chi connectivity index (χ4v) is 2.09. The molecule has 1 aromatic carbocycles. The van der Waals surface area contributed by atoms with Gasteiger partial charge in [-0.3, -0.25) is 4.79 Å². The van der Waals surface area contributed by atoms with Crippen LogP contribution in [0.5, 0.6) is 0 Å². The van der Waals surface area contributed by atoms with E-state index in [4.69, 9.17) is 5.11 Å². The van der Waals surface area contributed by atoms with E-state index in [2.05, 4.69) is 32.9 Å². The highest BCUT2D eigenvalue weighted by Crippen LogP contribution is 2.27. The van der Waals surface area contributed by atoms with Crippen LogP contribution in [-0.4, -0.2) is 16.3 Å². The average molecular weight is 238 g/mol. The van der Waals surface area contributed by atoms with E-state index in [0.717, 1.165) is 4.90 Å². The minimum atomic E-state index is -0.773. The molecule has 0 unspecified atom stereocenters. The third-order valence-electron chi connectivity index (χ3n) is 2.38. The lowest BCUT2D eigenvalue weighted by Crippen LogP contribution is -2.12. The number of hydrogen-bond acceptors (Lipinski definition) is 2. The van der Waals surface area contributed by atoms with Crippen LogP contribution in [0.3, 0.4) is 0 Å². The molecule has 0 aromatic heterocycles. The molecule has 0 spiro atoms. The number of aliphatic carboxylic acids is 1. The minimum Gasteiger partial charge on any atom is -0.480 e. The Morgan fingerprint density at radius 1 is 1.25 bits per heavy atom. The predicted molar refractivity (Wildman–Crippen MR) is 68.1 cm³/mol. The average Bonchev–Trinajstić information content (AvgIpc) is 2.17. The molecular weight excluding hydrogens is 220 g/mol. The van der Waals surface area contributed by atoms with Crippen molar-refractivity contribution in [2.45, 2.75) is 43.3 Å². The largest absolute Gasteiger partial charge is 0.480 e. The molecule has 1 rings (SSSR count). The van der Waals surface area contributed by atoms with Crippen molar-refractivity contribution < 1.29 is 9.90 Å². The SMILES string of the molecule is C[C@@H](Sc1ccc(C(C)(C)C)cc1)C(=O)O. The summed E-state index contributed by atoms with van der Waals surface area (Å²) in [6, 6.07) is 8.11. The second-order valence-corrected chi connectivity index (χ2v) is 6.29. The van der Waals surface area contributed by atoms with Crippen molar-refractivity contribution in [3.8, 4) is 0 Å². The molecule has 1 N–H and O–H groups in total. The Bertz CT molecular complexity index is 363. The molecule has 0 aliphatic rings. The van der Waals surface area contributed by atoms with Crippen LogP contribution in [0.25, 0.3) is 0 Å². The molecule has 0 aliphatic carbocycles. The second-order valence-electron chi connectivity index (χ2n) is 4.87. The standard InChI is InChI=1S/C13H18O2S/c1-9(12(14)15)16-11-7-5-10(6-8-11)13(2,3)4/h5-9H,1-4H3,(H,14,15)/t9-/m1/s1. The number of rotatable bonds is 3. The Kier molecular flexibility index (Phi) is 4.03. The van der Waals surface area contributed by atoms with Crippen LogP contribution in [0.1, 0.15) is 33.3 Å². The van der Waals surface area contributed by atoms with E-state index in [1.165, 1.54) is 17.3 Å².